The first-order valence-corrected chi connectivity index (χ1v) is 11.4. The number of nitrogens with one attached hydrogen (secondary N) is 1. The highest BCUT2D eigenvalue weighted by atomic mass is 16.5. The molecule has 1 atom stereocenters. The van der Waals surface area contributed by atoms with Crippen molar-refractivity contribution in [2.24, 2.45) is 5.92 Å². The lowest BCUT2D eigenvalue weighted by molar-refractivity contribution is -0.133. The summed E-state index contributed by atoms with van der Waals surface area (Å²) < 4.78 is 10.8. The van der Waals surface area contributed by atoms with Crippen molar-refractivity contribution in [3.63, 3.8) is 0 Å². The van der Waals surface area contributed by atoms with E-state index >= 15 is 0 Å². The first-order chi connectivity index (χ1) is 16.8. The van der Waals surface area contributed by atoms with Crippen molar-refractivity contribution >= 4 is 18.0 Å². The van der Waals surface area contributed by atoms with Gasteiger partial charge in [-0.2, -0.15) is 0 Å². The predicted molar refractivity (Wildman–Crippen MR) is 129 cm³/mol. The molecule has 0 fully saturated rings. The van der Waals surface area contributed by atoms with E-state index in [0.29, 0.717) is 5.76 Å². The number of furan rings is 1. The van der Waals surface area contributed by atoms with Crippen LogP contribution in [0.2, 0.25) is 0 Å². The molecule has 1 aliphatic carbocycles. The Morgan fingerprint density at radius 3 is 2.14 bits per heavy atom. The Labute approximate surface area is 203 Å². The smallest absolute Gasteiger partial charge is 0.407 e. The fourth-order valence-corrected chi connectivity index (χ4v) is 4.41. The molecule has 0 aliphatic heterocycles. The molecular formula is C27H28N2O6. The number of carboxylic acid groups (broad SMARTS) is 1. The molecule has 8 nitrogen and oxygen atoms in total. The van der Waals surface area contributed by atoms with Gasteiger partial charge in [-0.05, 0) is 40.3 Å². The molecule has 1 heterocycles. The molecule has 0 unspecified atom stereocenters. The molecule has 2 aromatic carbocycles. The highest BCUT2D eigenvalue weighted by Crippen LogP contribution is 2.44. The number of nitrogens with zero attached hydrogens (tertiary/aromatic N) is 1. The fourth-order valence-electron chi connectivity index (χ4n) is 4.41. The first kappa shape index (κ1) is 24.1. The molecule has 2 N–H and O–H groups in total. The van der Waals surface area contributed by atoms with Crippen LogP contribution in [0.15, 0.2) is 65.1 Å². The monoisotopic (exact) mass is 476 g/mol. The van der Waals surface area contributed by atoms with Crippen molar-refractivity contribution in [1.82, 2.24) is 10.2 Å². The number of aromatic carboxylic acids is 1. The summed E-state index contributed by atoms with van der Waals surface area (Å²) in [6, 6.07) is 18.2. The van der Waals surface area contributed by atoms with E-state index in [2.05, 4.69) is 17.4 Å². The van der Waals surface area contributed by atoms with Crippen LogP contribution in [0.25, 0.3) is 11.1 Å². The van der Waals surface area contributed by atoms with E-state index in [9.17, 15) is 14.4 Å². The minimum absolute atomic E-state index is 0.0711. The third-order valence-electron chi connectivity index (χ3n) is 6.19. The van der Waals surface area contributed by atoms with Gasteiger partial charge < -0.3 is 24.5 Å². The van der Waals surface area contributed by atoms with E-state index in [1.807, 2.05) is 50.2 Å². The number of carbonyl (C=O) groups excluding carboxylic acids is 2. The van der Waals surface area contributed by atoms with Gasteiger partial charge in [0.1, 0.15) is 18.4 Å². The van der Waals surface area contributed by atoms with Gasteiger partial charge in [0.2, 0.25) is 11.7 Å². The molecule has 0 saturated heterocycles. The summed E-state index contributed by atoms with van der Waals surface area (Å²) in [4.78, 5) is 38.2. The second-order valence-electron chi connectivity index (χ2n) is 8.96. The molecule has 1 aliphatic rings. The van der Waals surface area contributed by atoms with Gasteiger partial charge >= 0.3 is 12.1 Å². The number of carboxylic acids is 1. The number of fused-ring (bicyclic) bond motifs is 3. The summed E-state index contributed by atoms with van der Waals surface area (Å²) in [7, 11) is 1.57. The Morgan fingerprint density at radius 2 is 1.60 bits per heavy atom. The van der Waals surface area contributed by atoms with E-state index in [1.54, 1.807) is 7.05 Å². The van der Waals surface area contributed by atoms with E-state index < -0.39 is 18.1 Å². The second-order valence-corrected chi connectivity index (χ2v) is 8.96. The van der Waals surface area contributed by atoms with Gasteiger partial charge in [-0.25, -0.2) is 9.59 Å². The van der Waals surface area contributed by atoms with Gasteiger partial charge in [0.05, 0.1) is 6.54 Å². The average Bonchev–Trinajstić information content (AvgIpc) is 3.43. The van der Waals surface area contributed by atoms with Crippen molar-refractivity contribution in [3.05, 3.63) is 83.3 Å². The number of benzene rings is 2. The third kappa shape index (κ3) is 5.06. The summed E-state index contributed by atoms with van der Waals surface area (Å²) >= 11 is 0. The number of rotatable bonds is 8. The van der Waals surface area contributed by atoms with Gasteiger partial charge in [0.15, 0.2) is 0 Å². The summed E-state index contributed by atoms with van der Waals surface area (Å²) in [5, 5.41) is 11.7. The number of ether oxygens (including phenoxy) is 1. The minimum atomic E-state index is -1.18. The van der Waals surface area contributed by atoms with Gasteiger partial charge in [0.25, 0.3) is 0 Å². The number of hydrogen-bond donors (Lipinski definition) is 2. The minimum Gasteiger partial charge on any atom is -0.475 e. The van der Waals surface area contributed by atoms with Gasteiger partial charge in [-0.1, -0.05) is 62.4 Å². The predicted octanol–water partition coefficient (Wildman–Crippen LogP) is 4.50. The van der Waals surface area contributed by atoms with E-state index in [-0.39, 0.29) is 36.7 Å². The zero-order valence-corrected chi connectivity index (χ0v) is 19.9. The largest absolute Gasteiger partial charge is 0.475 e. The van der Waals surface area contributed by atoms with Crippen LogP contribution in [-0.2, 0) is 16.1 Å². The Balaban J connectivity index is 1.39. The molecule has 4 rings (SSSR count). The number of amides is 2. The summed E-state index contributed by atoms with van der Waals surface area (Å²) in [6.07, 6.45) is -0.668. The average molecular weight is 477 g/mol. The number of carbonyl (C=O) groups is 3. The van der Waals surface area contributed by atoms with Crippen LogP contribution < -0.4 is 5.32 Å². The van der Waals surface area contributed by atoms with Crippen molar-refractivity contribution in [1.29, 1.82) is 0 Å². The molecule has 3 aromatic rings. The summed E-state index contributed by atoms with van der Waals surface area (Å²) in [5.74, 6) is -1.65. The Hall–Kier alpha value is -4.07. The normalized spacial score (nSPS) is 13.1. The molecule has 0 bridgehead atoms. The lowest BCUT2D eigenvalue weighted by Crippen LogP contribution is -2.50. The van der Waals surface area contributed by atoms with Crippen LogP contribution in [0.4, 0.5) is 4.79 Å². The molecular weight excluding hydrogens is 448 g/mol. The van der Waals surface area contributed by atoms with Crippen LogP contribution in [0.5, 0.6) is 0 Å². The highest BCUT2D eigenvalue weighted by molar-refractivity contribution is 5.86. The molecule has 2 amide bonds. The van der Waals surface area contributed by atoms with Crippen molar-refractivity contribution in [3.8, 4) is 11.1 Å². The van der Waals surface area contributed by atoms with Crippen LogP contribution in [0.1, 0.15) is 47.2 Å². The first-order valence-electron chi connectivity index (χ1n) is 11.4. The lowest BCUT2D eigenvalue weighted by Gasteiger charge is -2.26. The summed E-state index contributed by atoms with van der Waals surface area (Å²) in [6.45, 7) is 3.88. The molecule has 8 heteroatoms. The molecule has 0 radical (unpaired) electrons. The van der Waals surface area contributed by atoms with E-state index in [0.717, 1.165) is 22.3 Å². The quantitative estimate of drug-likeness (QED) is 0.496. The van der Waals surface area contributed by atoms with Crippen molar-refractivity contribution < 1.29 is 28.6 Å². The Morgan fingerprint density at radius 1 is 1.00 bits per heavy atom. The molecule has 1 aromatic heterocycles. The topological polar surface area (TPSA) is 109 Å². The van der Waals surface area contributed by atoms with Crippen LogP contribution in [-0.4, -0.2) is 47.7 Å². The Kier molecular flexibility index (Phi) is 6.91. The molecule has 0 spiro atoms. The fraction of sp³-hybridized carbons (Fsp3) is 0.296. The van der Waals surface area contributed by atoms with Gasteiger partial charge in [-0.3, -0.25) is 4.79 Å². The zero-order valence-electron chi connectivity index (χ0n) is 19.9. The number of hydrogen-bond acceptors (Lipinski definition) is 5. The Bertz CT molecular complexity index is 1200. The maximum atomic E-state index is 13.1. The van der Waals surface area contributed by atoms with E-state index in [4.69, 9.17) is 14.3 Å². The van der Waals surface area contributed by atoms with Gasteiger partial charge in [-0.15, -0.1) is 0 Å². The third-order valence-corrected chi connectivity index (χ3v) is 6.19. The number of alkyl carbamates (subject to hydrolysis) is 1. The SMILES string of the molecule is CC(C)[C@H](NC(=O)OCC1c2ccccc2-c2ccccc21)C(=O)N(C)Cc1ccc(C(=O)O)o1. The lowest BCUT2D eigenvalue weighted by atomic mass is 9.98. The standard InChI is InChI=1S/C27H28N2O6/c1-16(2)24(25(30)29(3)14-17-12-13-23(35-17)26(31)32)28-27(33)34-15-22-20-10-6-4-8-18(20)19-9-5-7-11-21(19)22/h4-13,16,22,24H,14-15H2,1-3H3,(H,28,33)(H,31,32)/t24-/m0/s1. The molecule has 35 heavy (non-hydrogen) atoms. The highest BCUT2D eigenvalue weighted by Gasteiger charge is 2.31. The van der Waals surface area contributed by atoms with Gasteiger partial charge in [0, 0.05) is 13.0 Å². The van der Waals surface area contributed by atoms with Crippen LogP contribution in [0.3, 0.4) is 0 Å². The maximum Gasteiger partial charge on any atom is 0.407 e. The maximum absolute atomic E-state index is 13.1. The summed E-state index contributed by atoms with van der Waals surface area (Å²) in [5.41, 5.74) is 4.49. The van der Waals surface area contributed by atoms with Crippen LogP contribution >= 0.6 is 0 Å². The molecule has 182 valence electrons. The van der Waals surface area contributed by atoms with Crippen molar-refractivity contribution in [2.75, 3.05) is 13.7 Å². The van der Waals surface area contributed by atoms with E-state index in [1.165, 1.54) is 17.0 Å². The second kappa shape index (κ2) is 10.0. The molecule has 0 saturated carbocycles. The van der Waals surface area contributed by atoms with Crippen molar-refractivity contribution in [2.45, 2.75) is 32.4 Å². The zero-order chi connectivity index (χ0) is 25.1. The number of likely N-dealkylation sites (N-methyl/N-ethyl adjacent to an activating group) is 1. The van der Waals surface area contributed by atoms with Crippen LogP contribution in [0, 0.1) is 5.92 Å².